The van der Waals surface area contributed by atoms with Gasteiger partial charge in [-0.05, 0) is 25.1 Å². The van der Waals surface area contributed by atoms with Crippen LogP contribution in [0.15, 0.2) is 24.3 Å². The maximum Gasteiger partial charge on any atom is 0.416 e. The number of esters is 1. The van der Waals surface area contributed by atoms with Crippen molar-refractivity contribution in [1.82, 2.24) is 0 Å². The number of halogens is 3. The van der Waals surface area contributed by atoms with Crippen LogP contribution in [0.25, 0.3) is 0 Å². The van der Waals surface area contributed by atoms with Crippen molar-refractivity contribution in [3.8, 4) is 5.75 Å². The van der Waals surface area contributed by atoms with Crippen molar-refractivity contribution < 1.29 is 41.1 Å². The predicted molar refractivity (Wildman–Crippen MR) is 74.1 cm³/mol. The Kier molecular flexibility index (Phi) is 6.61. The molecule has 1 rings (SSSR count). The van der Waals surface area contributed by atoms with E-state index in [1.165, 1.54) is 13.0 Å². The van der Waals surface area contributed by atoms with Crippen LogP contribution in [0.2, 0.25) is 0 Å². The van der Waals surface area contributed by atoms with Gasteiger partial charge in [-0.25, -0.2) is 4.79 Å². The standard InChI is InChI=1S/C13H16F3O6P/c1-9(23(18,19-2)20-3)22-12(17)8-21-11-6-4-5-10(7-11)13(14,15)16/h4-7,9H,8H2,1-3H3/t9-/m0/s1. The molecule has 0 heterocycles. The Balaban J connectivity index is 2.62. The van der Waals surface area contributed by atoms with Gasteiger partial charge in [0.2, 0.25) is 0 Å². The normalized spacial score (nSPS) is 13.5. The number of rotatable bonds is 7. The summed E-state index contributed by atoms with van der Waals surface area (Å²) in [4.78, 5) is 11.6. The SMILES string of the molecule is COP(=O)(OC)[C@@H](C)OC(=O)COc1cccc(C(F)(F)F)c1. The first-order valence-electron chi connectivity index (χ1n) is 6.33. The van der Waals surface area contributed by atoms with Gasteiger partial charge >= 0.3 is 19.7 Å². The Labute approximate surface area is 131 Å². The molecule has 0 saturated heterocycles. The lowest BCUT2D eigenvalue weighted by molar-refractivity contribution is -0.148. The van der Waals surface area contributed by atoms with Crippen LogP contribution in [0.5, 0.6) is 5.75 Å². The fourth-order valence-electron chi connectivity index (χ4n) is 1.56. The molecule has 0 amide bonds. The summed E-state index contributed by atoms with van der Waals surface area (Å²) in [7, 11) is -1.33. The monoisotopic (exact) mass is 356 g/mol. The van der Waals surface area contributed by atoms with Gasteiger partial charge in [0, 0.05) is 14.2 Å². The zero-order valence-corrected chi connectivity index (χ0v) is 13.5. The zero-order chi connectivity index (χ0) is 17.7. The van der Waals surface area contributed by atoms with Crippen LogP contribution in [0.4, 0.5) is 13.2 Å². The number of alkyl halides is 3. The van der Waals surface area contributed by atoms with Crippen LogP contribution in [0, 0.1) is 0 Å². The number of carbonyl (C=O) groups excluding carboxylic acids is 1. The van der Waals surface area contributed by atoms with E-state index in [-0.39, 0.29) is 5.75 Å². The molecular formula is C13H16F3O6P. The summed E-state index contributed by atoms with van der Waals surface area (Å²) in [5.74, 6) is -2.26. The van der Waals surface area contributed by atoms with Gasteiger partial charge in [0.05, 0.1) is 5.56 Å². The van der Waals surface area contributed by atoms with Crippen molar-refractivity contribution in [3.63, 3.8) is 0 Å². The summed E-state index contributed by atoms with van der Waals surface area (Å²) in [6, 6.07) is 4.05. The molecule has 10 heteroatoms. The van der Waals surface area contributed by atoms with Crippen molar-refractivity contribution in [3.05, 3.63) is 29.8 Å². The van der Waals surface area contributed by atoms with Gasteiger partial charge in [0.15, 0.2) is 12.5 Å². The van der Waals surface area contributed by atoms with E-state index >= 15 is 0 Å². The van der Waals surface area contributed by atoms with E-state index in [4.69, 9.17) is 9.47 Å². The van der Waals surface area contributed by atoms with E-state index in [0.29, 0.717) is 0 Å². The number of carbonyl (C=O) groups is 1. The van der Waals surface area contributed by atoms with Crippen LogP contribution < -0.4 is 4.74 Å². The average molecular weight is 356 g/mol. The topological polar surface area (TPSA) is 71.1 Å². The first kappa shape index (κ1) is 19.5. The third kappa shape index (κ3) is 5.53. The van der Waals surface area contributed by atoms with E-state index in [1.807, 2.05) is 0 Å². The summed E-state index contributed by atoms with van der Waals surface area (Å²) in [6.45, 7) is 0.648. The molecule has 23 heavy (non-hydrogen) atoms. The molecule has 0 spiro atoms. The number of hydrogen-bond donors (Lipinski definition) is 0. The predicted octanol–water partition coefficient (Wildman–Crippen LogP) is 3.46. The highest BCUT2D eigenvalue weighted by Crippen LogP contribution is 2.51. The Morgan fingerprint density at radius 3 is 2.39 bits per heavy atom. The van der Waals surface area contributed by atoms with Gasteiger partial charge in [0.1, 0.15) is 5.75 Å². The molecule has 0 radical (unpaired) electrons. The maximum absolute atomic E-state index is 12.5. The van der Waals surface area contributed by atoms with Crippen LogP contribution in [-0.2, 0) is 29.3 Å². The molecule has 0 N–H and O–H groups in total. The highest BCUT2D eigenvalue weighted by Gasteiger charge is 2.34. The Morgan fingerprint density at radius 2 is 1.87 bits per heavy atom. The minimum Gasteiger partial charge on any atom is -0.482 e. The van der Waals surface area contributed by atoms with Gasteiger partial charge in [-0.15, -0.1) is 0 Å². The molecule has 1 aromatic rings. The largest absolute Gasteiger partial charge is 0.482 e. The fourth-order valence-corrected chi connectivity index (χ4v) is 2.55. The summed E-state index contributed by atoms with van der Waals surface area (Å²) in [5, 5.41) is 0. The summed E-state index contributed by atoms with van der Waals surface area (Å²) in [5.41, 5.74) is -0.903. The maximum atomic E-state index is 12.5. The molecule has 0 bridgehead atoms. The second-order valence-corrected chi connectivity index (χ2v) is 6.85. The quantitative estimate of drug-likeness (QED) is 0.550. The third-order valence-corrected chi connectivity index (χ3v) is 4.79. The molecular weight excluding hydrogens is 340 g/mol. The smallest absolute Gasteiger partial charge is 0.416 e. The van der Waals surface area contributed by atoms with Gasteiger partial charge < -0.3 is 18.5 Å². The van der Waals surface area contributed by atoms with Crippen molar-refractivity contribution in [1.29, 1.82) is 0 Å². The van der Waals surface area contributed by atoms with E-state index < -0.39 is 37.8 Å². The Hall–Kier alpha value is -1.57. The molecule has 0 aliphatic heterocycles. The van der Waals surface area contributed by atoms with Crippen LogP contribution in [0.1, 0.15) is 12.5 Å². The van der Waals surface area contributed by atoms with Gasteiger partial charge in [-0.1, -0.05) is 6.07 Å². The molecule has 130 valence electrons. The third-order valence-electron chi connectivity index (χ3n) is 2.77. The highest BCUT2D eigenvalue weighted by atomic mass is 31.2. The van der Waals surface area contributed by atoms with Crippen molar-refractivity contribution in [2.24, 2.45) is 0 Å². The molecule has 0 aliphatic rings. The Morgan fingerprint density at radius 1 is 1.26 bits per heavy atom. The van der Waals surface area contributed by atoms with Crippen LogP contribution >= 0.6 is 7.60 Å². The molecule has 0 saturated carbocycles. The van der Waals surface area contributed by atoms with Gasteiger partial charge in [0.25, 0.3) is 0 Å². The van der Waals surface area contributed by atoms with E-state index in [9.17, 15) is 22.5 Å². The highest BCUT2D eigenvalue weighted by molar-refractivity contribution is 7.54. The number of benzene rings is 1. The molecule has 6 nitrogen and oxygen atoms in total. The van der Waals surface area contributed by atoms with Gasteiger partial charge in [-0.2, -0.15) is 13.2 Å². The number of hydrogen-bond acceptors (Lipinski definition) is 6. The van der Waals surface area contributed by atoms with Crippen LogP contribution in [-0.4, -0.2) is 32.6 Å². The van der Waals surface area contributed by atoms with E-state index in [1.54, 1.807) is 0 Å². The summed E-state index contributed by atoms with van der Waals surface area (Å²) >= 11 is 0. The lowest BCUT2D eigenvalue weighted by atomic mass is 10.2. The second-order valence-electron chi connectivity index (χ2n) is 4.31. The molecule has 1 atom stereocenters. The molecule has 0 fully saturated rings. The van der Waals surface area contributed by atoms with Crippen molar-refractivity contribution in [2.75, 3.05) is 20.8 Å². The fraction of sp³-hybridized carbons (Fsp3) is 0.462. The lowest BCUT2D eigenvalue weighted by Gasteiger charge is -2.20. The van der Waals surface area contributed by atoms with Gasteiger partial charge in [-0.3, -0.25) is 4.57 Å². The number of ether oxygens (including phenoxy) is 2. The first-order chi connectivity index (χ1) is 10.6. The molecule has 0 aromatic heterocycles. The van der Waals surface area contributed by atoms with E-state index in [2.05, 4.69) is 9.05 Å². The second kappa shape index (κ2) is 7.81. The average Bonchev–Trinajstić information content (AvgIpc) is 2.51. The lowest BCUT2D eigenvalue weighted by Crippen LogP contribution is -2.22. The zero-order valence-electron chi connectivity index (χ0n) is 12.6. The molecule has 1 aromatic carbocycles. The minimum atomic E-state index is -4.52. The summed E-state index contributed by atoms with van der Waals surface area (Å²) < 4.78 is 68.6. The van der Waals surface area contributed by atoms with E-state index in [0.717, 1.165) is 32.4 Å². The molecule has 0 aliphatic carbocycles. The first-order valence-corrected chi connectivity index (χ1v) is 7.94. The van der Waals surface area contributed by atoms with Crippen LogP contribution in [0.3, 0.4) is 0 Å². The summed E-state index contributed by atoms with van der Waals surface area (Å²) in [6.07, 6.45) is -4.52. The van der Waals surface area contributed by atoms with Crippen molar-refractivity contribution >= 4 is 13.6 Å². The minimum absolute atomic E-state index is 0.147. The molecule has 0 unspecified atom stereocenters. The van der Waals surface area contributed by atoms with Crippen molar-refractivity contribution in [2.45, 2.75) is 18.9 Å². The Bertz CT molecular complexity index is 581.